The number of ketones is 2. The number of amides is 1. The van der Waals surface area contributed by atoms with Crippen LogP contribution in [0.3, 0.4) is 0 Å². The summed E-state index contributed by atoms with van der Waals surface area (Å²) in [6.07, 6.45) is 1.47. The zero-order valence-corrected chi connectivity index (χ0v) is 23.1. The highest BCUT2D eigenvalue weighted by Gasteiger charge is 2.63. The molecule has 0 bridgehead atoms. The summed E-state index contributed by atoms with van der Waals surface area (Å²) < 4.78 is 5.27. The predicted molar refractivity (Wildman–Crippen MR) is 143 cm³/mol. The molecule has 0 saturated carbocycles. The van der Waals surface area contributed by atoms with Gasteiger partial charge in [-0.2, -0.15) is 0 Å². The van der Waals surface area contributed by atoms with Gasteiger partial charge in [0.25, 0.3) is 5.91 Å². The minimum atomic E-state index is -2.73. The molecule has 0 aromatic heterocycles. The third kappa shape index (κ3) is 4.13. The van der Waals surface area contributed by atoms with Crippen molar-refractivity contribution in [1.82, 2.24) is 4.90 Å². The Kier molecular flexibility index (Phi) is 7.46. The van der Waals surface area contributed by atoms with Crippen LogP contribution in [0, 0.1) is 11.8 Å². The molecule has 6 N–H and O–H groups in total. The minimum absolute atomic E-state index is 0.0276. The first-order valence-corrected chi connectivity index (χ1v) is 13.1. The number of aromatic hydroxyl groups is 1. The predicted octanol–water partition coefficient (Wildman–Crippen LogP) is 1.14. The molecule has 40 heavy (non-hydrogen) atoms. The van der Waals surface area contributed by atoms with Gasteiger partial charge in [-0.25, -0.2) is 4.79 Å². The van der Waals surface area contributed by atoms with Gasteiger partial charge in [-0.1, -0.05) is 13.3 Å². The summed E-state index contributed by atoms with van der Waals surface area (Å²) in [5.41, 5.74) is 1.88. The van der Waals surface area contributed by atoms with Crippen LogP contribution in [0.5, 0.6) is 5.75 Å². The Hall–Kier alpha value is -3.90. The Bertz CT molecular complexity index is 1380. The van der Waals surface area contributed by atoms with E-state index in [0.29, 0.717) is 17.7 Å². The molecule has 0 spiro atoms. The van der Waals surface area contributed by atoms with Crippen LogP contribution in [0.25, 0.3) is 0 Å². The van der Waals surface area contributed by atoms with E-state index in [-0.39, 0.29) is 36.1 Å². The Morgan fingerprint density at radius 1 is 1.15 bits per heavy atom. The van der Waals surface area contributed by atoms with Gasteiger partial charge in [0.15, 0.2) is 11.4 Å². The van der Waals surface area contributed by atoms with Crippen LogP contribution in [0.2, 0.25) is 0 Å². The van der Waals surface area contributed by atoms with Crippen LogP contribution in [0.15, 0.2) is 28.7 Å². The maximum Gasteiger partial charge on any atom is 0.342 e. The first-order valence-electron chi connectivity index (χ1n) is 13.1. The van der Waals surface area contributed by atoms with Crippen molar-refractivity contribution in [1.29, 1.82) is 0 Å². The summed E-state index contributed by atoms with van der Waals surface area (Å²) in [5, 5.41) is 45.2. The Morgan fingerprint density at radius 3 is 2.35 bits per heavy atom. The van der Waals surface area contributed by atoms with E-state index in [1.165, 1.54) is 11.0 Å². The molecule has 3 aliphatic rings. The number of fused-ring (bicyclic) bond motifs is 3. The number of hydrogen-bond donors (Lipinski definition) is 5. The molecule has 0 radical (unpaired) electrons. The fraction of sp³-hybridized carbons (Fsp3) is 0.500. The zero-order valence-electron chi connectivity index (χ0n) is 23.1. The fourth-order valence-corrected chi connectivity index (χ4v) is 6.24. The highest BCUT2D eigenvalue weighted by atomic mass is 16.5. The molecule has 0 fully saturated rings. The van der Waals surface area contributed by atoms with Crippen LogP contribution in [-0.2, 0) is 20.7 Å². The number of anilines is 1. The number of hydrogen-bond acceptors (Lipinski definition) is 11. The van der Waals surface area contributed by atoms with E-state index in [0.717, 1.165) is 6.42 Å². The number of rotatable bonds is 7. The number of carbonyl (C=O) groups is 4. The van der Waals surface area contributed by atoms with Gasteiger partial charge in [0, 0.05) is 31.3 Å². The number of nitrogens with two attached hydrogens (primary N) is 1. The van der Waals surface area contributed by atoms with E-state index in [1.54, 1.807) is 33.1 Å². The summed E-state index contributed by atoms with van der Waals surface area (Å²) in [6.45, 7) is 2.05. The molecule has 0 heterocycles. The largest absolute Gasteiger partial charge is 0.510 e. The second-order valence-electron chi connectivity index (χ2n) is 11.0. The normalized spacial score (nSPS) is 25.9. The van der Waals surface area contributed by atoms with Gasteiger partial charge in [0.05, 0.1) is 18.2 Å². The molecule has 1 aromatic carbocycles. The number of nitrogens with zero attached hydrogens (tertiary/aromatic N) is 2. The van der Waals surface area contributed by atoms with Crippen molar-refractivity contribution < 1.29 is 44.3 Å². The minimum Gasteiger partial charge on any atom is -0.510 e. The van der Waals surface area contributed by atoms with Crippen LogP contribution < -0.4 is 10.6 Å². The zero-order chi connectivity index (χ0) is 29.8. The number of ether oxygens (including phenoxy) is 1. The summed E-state index contributed by atoms with van der Waals surface area (Å²) in [4.78, 5) is 55.5. The van der Waals surface area contributed by atoms with Crippen LogP contribution >= 0.6 is 0 Å². The molecule has 4 atom stereocenters. The van der Waals surface area contributed by atoms with Crippen LogP contribution in [0.4, 0.5) is 5.69 Å². The molecule has 12 nitrogen and oxygen atoms in total. The number of phenolic OH excluding ortho intramolecular Hbond substituents is 1. The van der Waals surface area contributed by atoms with Crippen LogP contribution in [-0.4, -0.2) is 95.2 Å². The maximum absolute atomic E-state index is 14.0. The van der Waals surface area contributed by atoms with E-state index in [9.17, 15) is 39.6 Å². The van der Waals surface area contributed by atoms with E-state index in [4.69, 9.17) is 10.5 Å². The third-order valence-corrected chi connectivity index (χ3v) is 8.13. The number of phenols is 1. The monoisotopic (exact) mass is 557 g/mol. The molecular formula is C28H35N3O9. The summed E-state index contributed by atoms with van der Waals surface area (Å²) in [7, 11) is 6.55. The van der Waals surface area contributed by atoms with Gasteiger partial charge in [0.2, 0.25) is 5.78 Å². The van der Waals surface area contributed by atoms with Gasteiger partial charge in [-0.3, -0.25) is 19.3 Å². The average molecular weight is 558 g/mol. The number of benzene rings is 1. The lowest BCUT2D eigenvalue weighted by Gasteiger charge is -2.50. The second-order valence-corrected chi connectivity index (χ2v) is 11.0. The molecule has 216 valence electrons. The molecule has 12 heteroatoms. The highest BCUT2D eigenvalue weighted by molar-refractivity contribution is 6.25. The quantitative estimate of drug-likeness (QED) is 0.183. The van der Waals surface area contributed by atoms with E-state index in [2.05, 4.69) is 0 Å². The summed E-state index contributed by atoms with van der Waals surface area (Å²) in [6, 6.07) is 0.372. The van der Waals surface area contributed by atoms with Gasteiger partial charge in [0.1, 0.15) is 28.4 Å². The smallest absolute Gasteiger partial charge is 0.342 e. The number of primary amides is 1. The van der Waals surface area contributed by atoms with Gasteiger partial charge in [-0.15, -0.1) is 0 Å². The number of likely N-dealkylation sites (N-methyl/N-ethyl adjacent to an activating group) is 1. The first-order chi connectivity index (χ1) is 18.7. The molecular weight excluding hydrogens is 522 g/mol. The number of aliphatic hydroxyl groups excluding tert-OH is 2. The summed E-state index contributed by atoms with van der Waals surface area (Å²) >= 11 is 0. The van der Waals surface area contributed by atoms with E-state index < -0.39 is 69.8 Å². The molecule has 3 aliphatic carbocycles. The first kappa shape index (κ1) is 29.1. The number of aliphatic hydroxyl groups is 3. The standard InChI is InChI=1S/C28H35N3O9/c1-6-7-8-40-27(38)14-11-16(30(2)3)13-9-12-10-15-20(31(4)5)23(34)19(26(29)37)25(36)28(15,39)24(35)17(12)22(33)18(13)21(14)32/h11-12,15,20,32,34-35,39H,6-10H2,1-5H3,(H2,29,37)/t12-,15-,20-,28-/m0/s1. The van der Waals surface area contributed by atoms with E-state index >= 15 is 0 Å². The van der Waals surface area contributed by atoms with Crippen molar-refractivity contribution in [3.8, 4) is 5.75 Å². The number of unbranched alkanes of at least 4 members (excludes halogenated alkanes) is 1. The topological polar surface area (TPSA) is 191 Å². The van der Waals surface area contributed by atoms with Crippen molar-refractivity contribution in [3.05, 3.63) is 45.4 Å². The average Bonchev–Trinajstić information content (AvgIpc) is 2.85. The van der Waals surface area contributed by atoms with Gasteiger partial charge < -0.3 is 35.8 Å². The molecule has 0 saturated heterocycles. The number of Topliss-reactive ketones (excluding diaryl/α,β-unsaturated/α-hetero) is 2. The second kappa shape index (κ2) is 10.3. The lowest BCUT2D eigenvalue weighted by molar-refractivity contribution is -0.148. The number of esters is 1. The van der Waals surface area contributed by atoms with Crippen LogP contribution in [0.1, 0.15) is 52.5 Å². The Balaban J connectivity index is 1.93. The van der Waals surface area contributed by atoms with Gasteiger partial charge in [-0.05, 0) is 50.9 Å². The highest BCUT2D eigenvalue weighted by Crippen LogP contribution is 2.53. The third-order valence-electron chi connectivity index (χ3n) is 8.13. The molecule has 0 aliphatic heterocycles. The SMILES string of the molecule is CCCCOC(=O)c1cc(N(C)C)c2c(c1O)C(=O)C1=C(O)[C@]3(O)C(=O)C(C(N)=O)=C(O)[C@@H](N(C)C)[C@@H]3C[C@@H]1C2. The van der Waals surface area contributed by atoms with Gasteiger partial charge >= 0.3 is 5.97 Å². The fourth-order valence-electron chi connectivity index (χ4n) is 6.24. The Labute approximate surface area is 231 Å². The van der Waals surface area contributed by atoms with Crippen molar-refractivity contribution in [2.24, 2.45) is 17.6 Å². The van der Waals surface area contributed by atoms with Crippen molar-refractivity contribution in [2.75, 3.05) is 39.7 Å². The lowest BCUT2D eigenvalue weighted by Crippen LogP contribution is -2.63. The number of carbonyl (C=O) groups excluding carboxylic acids is 4. The maximum atomic E-state index is 14.0. The van der Waals surface area contributed by atoms with Crippen molar-refractivity contribution >= 4 is 29.1 Å². The molecule has 1 amide bonds. The lowest BCUT2D eigenvalue weighted by atomic mass is 9.58. The molecule has 4 rings (SSSR count). The molecule has 0 unspecified atom stereocenters. The van der Waals surface area contributed by atoms with E-state index in [1.807, 2.05) is 6.92 Å². The summed E-state index contributed by atoms with van der Waals surface area (Å²) in [5.74, 6) is -8.35. The Morgan fingerprint density at radius 2 is 1.80 bits per heavy atom. The number of allylic oxidation sites excluding steroid dienone is 1. The molecule has 1 aromatic rings. The van der Waals surface area contributed by atoms with Crippen molar-refractivity contribution in [3.63, 3.8) is 0 Å². The van der Waals surface area contributed by atoms with Crippen molar-refractivity contribution in [2.45, 2.75) is 44.2 Å².